The van der Waals surface area contributed by atoms with Crippen LogP contribution in [0.4, 0.5) is 4.39 Å². The van der Waals surface area contributed by atoms with Gasteiger partial charge >= 0.3 is 0 Å². The second-order valence-electron chi connectivity index (χ2n) is 5.01. The van der Waals surface area contributed by atoms with Crippen molar-refractivity contribution in [3.63, 3.8) is 0 Å². The molecule has 130 valence electrons. The van der Waals surface area contributed by atoms with Gasteiger partial charge in [0.05, 0.1) is 6.20 Å². The summed E-state index contributed by atoms with van der Waals surface area (Å²) in [6.07, 6.45) is 4.54. The van der Waals surface area contributed by atoms with Crippen LogP contribution in [0.5, 0.6) is 0 Å². The van der Waals surface area contributed by atoms with Crippen LogP contribution in [-0.4, -0.2) is 30.5 Å². The van der Waals surface area contributed by atoms with Crippen LogP contribution in [0, 0.1) is 5.82 Å². The molecular weight excluding hydrogens is 372 g/mol. The van der Waals surface area contributed by atoms with Crippen LogP contribution in [0.1, 0.15) is 16.1 Å². The van der Waals surface area contributed by atoms with Crippen LogP contribution >= 0.6 is 36.2 Å². The van der Waals surface area contributed by atoms with Gasteiger partial charge in [-0.3, -0.25) is 4.79 Å². The van der Waals surface area contributed by atoms with Crippen molar-refractivity contribution in [1.29, 1.82) is 0 Å². The molecule has 0 aliphatic carbocycles. The summed E-state index contributed by atoms with van der Waals surface area (Å²) in [5, 5.41) is 6.64. The second kappa shape index (κ2) is 9.74. The van der Waals surface area contributed by atoms with Gasteiger partial charge in [0.1, 0.15) is 15.7 Å². The smallest absolute Gasteiger partial charge is 0.263 e. The molecule has 4 nitrogen and oxygen atoms in total. The van der Waals surface area contributed by atoms with Crippen molar-refractivity contribution in [3.05, 3.63) is 52.8 Å². The third kappa shape index (κ3) is 5.01. The largest absolute Gasteiger partial charge is 0.348 e. The molecule has 0 bridgehead atoms. The molecule has 8 heteroatoms. The maximum atomic E-state index is 13.7. The minimum Gasteiger partial charge on any atom is -0.348 e. The van der Waals surface area contributed by atoms with E-state index in [0.717, 1.165) is 19.5 Å². The van der Waals surface area contributed by atoms with Crippen LogP contribution in [0.3, 0.4) is 0 Å². The van der Waals surface area contributed by atoms with Gasteiger partial charge in [-0.25, -0.2) is 9.37 Å². The summed E-state index contributed by atoms with van der Waals surface area (Å²) < 4.78 is 13.7. The van der Waals surface area contributed by atoms with E-state index in [-0.39, 0.29) is 36.5 Å². The zero-order valence-corrected chi connectivity index (χ0v) is 15.2. The van der Waals surface area contributed by atoms with Gasteiger partial charge in [-0.2, -0.15) is 0 Å². The number of hydrogen-bond donors (Lipinski definition) is 2. The number of rotatable bonds is 4. The Kier molecular flexibility index (Phi) is 8.35. The Morgan fingerprint density at radius 3 is 2.83 bits per heavy atom. The number of aromatic nitrogens is 1. The highest BCUT2D eigenvalue weighted by Crippen LogP contribution is 2.27. The summed E-state index contributed by atoms with van der Waals surface area (Å²) in [7, 11) is 0. The molecule has 0 radical (unpaired) electrons. The van der Waals surface area contributed by atoms with Gasteiger partial charge in [-0.15, -0.1) is 36.2 Å². The fraction of sp³-hybridized carbons (Fsp3) is 0.250. The fourth-order valence-corrected chi connectivity index (χ4v) is 3.11. The third-order valence-electron chi connectivity index (χ3n) is 3.47. The summed E-state index contributed by atoms with van der Waals surface area (Å²) in [6, 6.07) is 6.44. The van der Waals surface area contributed by atoms with E-state index in [2.05, 4.69) is 21.7 Å². The van der Waals surface area contributed by atoms with Crippen molar-refractivity contribution in [2.24, 2.45) is 0 Å². The fourth-order valence-electron chi connectivity index (χ4n) is 2.25. The minimum atomic E-state index is -0.330. The Balaban J connectivity index is 0.00000144. The van der Waals surface area contributed by atoms with E-state index in [1.54, 1.807) is 18.2 Å². The molecule has 0 unspecified atom stereocenters. The lowest BCUT2D eigenvalue weighted by atomic mass is 10.1. The minimum absolute atomic E-state index is 0. The molecule has 0 saturated heterocycles. The van der Waals surface area contributed by atoms with Crippen molar-refractivity contribution in [1.82, 2.24) is 15.6 Å². The predicted molar refractivity (Wildman–Crippen MR) is 99.9 cm³/mol. The van der Waals surface area contributed by atoms with Crippen molar-refractivity contribution in [3.8, 4) is 10.6 Å². The molecule has 1 aliphatic rings. The molecule has 1 aromatic carbocycles. The van der Waals surface area contributed by atoms with Gasteiger partial charge < -0.3 is 10.6 Å². The van der Waals surface area contributed by atoms with E-state index in [0.29, 0.717) is 22.0 Å². The molecule has 1 aliphatic heterocycles. The van der Waals surface area contributed by atoms with Crippen LogP contribution in [-0.2, 0) is 0 Å². The average molecular weight is 390 g/mol. The standard InChI is InChI=1S/C16H16FN3OS.2ClH/c17-13-4-2-1-3-12(13)16-20-10-14(22-16)15(21)19-9-11-5-7-18-8-6-11;;/h1-5,10,18H,6-9H2,(H,19,21);2*1H. The highest BCUT2D eigenvalue weighted by Gasteiger charge is 2.14. The first-order valence-corrected chi connectivity index (χ1v) is 7.93. The highest BCUT2D eigenvalue weighted by atomic mass is 35.5. The lowest BCUT2D eigenvalue weighted by Crippen LogP contribution is -2.29. The number of nitrogens with zero attached hydrogens (tertiary/aromatic N) is 1. The summed E-state index contributed by atoms with van der Waals surface area (Å²) >= 11 is 1.20. The quantitative estimate of drug-likeness (QED) is 0.787. The number of carbonyl (C=O) groups excluding carboxylic acids is 1. The molecule has 0 saturated carbocycles. The Morgan fingerprint density at radius 2 is 2.12 bits per heavy atom. The number of nitrogens with one attached hydrogen (secondary N) is 2. The topological polar surface area (TPSA) is 54.0 Å². The zero-order valence-electron chi connectivity index (χ0n) is 12.8. The van der Waals surface area contributed by atoms with Crippen molar-refractivity contribution in [2.75, 3.05) is 19.6 Å². The molecular formula is C16H18Cl2FN3OS. The first kappa shape index (κ1) is 20.6. The van der Waals surface area contributed by atoms with Crippen molar-refractivity contribution < 1.29 is 9.18 Å². The molecule has 0 fully saturated rings. The molecule has 0 spiro atoms. The molecule has 2 aromatic rings. The van der Waals surface area contributed by atoms with Gasteiger partial charge in [0.25, 0.3) is 5.91 Å². The SMILES string of the molecule is Cl.Cl.O=C(NCC1=CCNCC1)c1cnc(-c2ccccc2F)s1. The first-order valence-electron chi connectivity index (χ1n) is 7.11. The van der Waals surface area contributed by atoms with E-state index in [4.69, 9.17) is 0 Å². The molecule has 3 rings (SSSR count). The third-order valence-corrected chi connectivity index (χ3v) is 4.50. The van der Waals surface area contributed by atoms with E-state index in [1.165, 1.54) is 29.2 Å². The number of thiazole rings is 1. The van der Waals surface area contributed by atoms with Crippen LogP contribution in [0.2, 0.25) is 0 Å². The van der Waals surface area contributed by atoms with Crippen molar-refractivity contribution >= 4 is 42.1 Å². The summed E-state index contributed by atoms with van der Waals surface area (Å²) in [5.41, 5.74) is 1.65. The molecule has 1 aromatic heterocycles. The Morgan fingerprint density at radius 1 is 1.33 bits per heavy atom. The van der Waals surface area contributed by atoms with E-state index >= 15 is 0 Å². The van der Waals surface area contributed by atoms with Gasteiger partial charge in [-0.1, -0.05) is 23.8 Å². The average Bonchev–Trinajstić information content (AvgIpc) is 3.04. The summed E-state index contributed by atoms with van der Waals surface area (Å²) in [5.74, 6) is -0.497. The second-order valence-corrected chi connectivity index (χ2v) is 6.04. The predicted octanol–water partition coefficient (Wildman–Crippen LogP) is 3.44. The summed E-state index contributed by atoms with van der Waals surface area (Å²) in [4.78, 5) is 16.8. The van der Waals surface area contributed by atoms with Crippen LogP contribution < -0.4 is 10.6 Å². The van der Waals surface area contributed by atoms with E-state index in [1.807, 2.05) is 0 Å². The molecule has 2 heterocycles. The Hall–Kier alpha value is -1.47. The highest BCUT2D eigenvalue weighted by molar-refractivity contribution is 7.16. The zero-order chi connectivity index (χ0) is 15.4. The van der Waals surface area contributed by atoms with Crippen molar-refractivity contribution in [2.45, 2.75) is 6.42 Å². The monoisotopic (exact) mass is 389 g/mol. The van der Waals surface area contributed by atoms with E-state index < -0.39 is 0 Å². The summed E-state index contributed by atoms with van der Waals surface area (Å²) in [6.45, 7) is 2.34. The van der Waals surface area contributed by atoms with Crippen LogP contribution in [0.15, 0.2) is 42.1 Å². The Labute approximate surface area is 156 Å². The number of amides is 1. The lowest BCUT2D eigenvalue weighted by Gasteiger charge is -2.14. The molecule has 1 amide bonds. The number of benzene rings is 1. The molecule has 2 N–H and O–H groups in total. The van der Waals surface area contributed by atoms with Crippen LogP contribution in [0.25, 0.3) is 10.6 Å². The number of carbonyl (C=O) groups is 1. The maximum Gasteiger partial charge on any atom is 0.263 e. The molecule has 24 heavy (non-hydrogen) atoms. The normalized spacial score (nSPS) is 13.3. The first-order chi connectivity index (χ1) is 10.7. The number of hydrogen-bond acceptors (Lipinski definition) is 4. The van der Waals surface area contributed by atoms with Gasteiger partial charge in [0.2, 0.25) is 0 Å². The maximum absolute atomic E-state index is 13.7. The number of halogens is 3. The molecule has 0 atom stereocenters. The lowest BCUT2D eigenvalue weighted by molar-refractivity contribution is 0.0960. The van der Waals surface area contributed by atoms with Gasteiger partial charge in [0.15, 0.2) is 0 Å². The van der Waals surface area contributed by atoms with Gasteiger partial charge in [0, 0.05) is 18.7 Å². The Bertz CT molecular complexity index is 721. The van der Waals surface area contributed by atoms with E-state index in [9.17, 15) is 9.18 Å². The van der Waals surface area contributed by atoms with Gasteiger partial charge in [-0.05, 0) is 25.1 Å².